The van der Waals surface area contributed by atoms with Crippen molar-refractivity contribution in [2.75, 3.05) is 19.6 Å². The quantitative estimate of drug-likeness (QED) is 0.923. The highest BCUT2D eigenvalue weighted by Gasteiger charge is 2.38. The van der Waals surface area contributed by atoms with Gasteiger partial charge in [0, 0.05) is 18.0 Å². The fourth-order valence-corrected chi connectivity index (χ4v) is 3.44. The third kappa shape index (κ3) is 2.87. The van der Waals surface area contributed by atoms with Crippen molar-refractivity contribution in [3.8, 4) is 0 Å². The van der Waals surface area contributed by atoms with Crippen molar-refractivity contribution in [2.45, 2.75) is 26.8 Å². The molecule has 18 heavy (non-hydrogen) atoms. The summed E-state index contributed by atoms with van der Waals surface area (Å²) in [5, 5.41) is 3.27. The Labute approximate surface area is 117 Å². The molecule has 1 aromatic rings. The van der Waals surface area contributed by atoms with Crippen molar-refractivity contribution in [3.05, 3.63) is 21.3 Å². The van der Waals surface area contributed by atoms with Crippen LogP contribution >= 0.6 is 22.9 Å². The zero-order valence-electron chi connectivity index (χ0n) is 10.8. The van der Waals surface area contributed by atoms with Gasteiger partial charge in [-0.3, -0.25) is 4.79 Å². The highest BCUT2D eigenvalue weighted by molar-refractivity contribution is 7.16. The number of thiophene rings is 1. The molecule has 0 saturated carbocycles. The lowest BCUT2D eigenvalue weighted by Crippen LogP contribution is -2.43. The lowest BCUT2D eigenvalue weighted by Gasteiger charge is -2.30. The maximum atomic E-state index is 12.6. The molecule has 0 aliphatic carbocycles. The molecule has 3 nitrogen and oxygen atoms in total. The van der Waals surface area contributed by atoms with Crippen molar-refractivity contribution >= 4 is 28.8 Å². The second-order valence-corrected chi connectivity index (χ2v) is 6.81. The van der Waals surface area contributed by atoms with E-state index in [1.165, 1.54) is 0 Å². The summed E-state index contributed by atoms with van der Waals surface area (Å²) in [6, 6.07) is 3.89. The zero-order valence-corrected chi connectivity index (χ0v) is 12.4. The van der Waals surface area contributed by atoms with Gasteiger partial charge in [-0.05, 0) is 38.9 Å². The van der Waals surface area contributed by atoms with Crippen molar-refractivity contribution in [2.24, 2.45) is 5.41 Å². The molecule has 0 bridgehead atoms. The molecule has 0 spiro atoms. The van der Waals surface area contributed by atoms with Crippen LogP contribution < -0.4 is 5.32 Å². The van der Waals surface area contributed by atoms with Crippen LogP contribution in [0.2, 0.25) is 4.34 Å². The molecule has 1 aliphatic rings. The van der Waals surface area contributed by atoms with Crippen LogP contribution in [0.3, 0.4) is 0 Å². The summed E-state index contributed by atoms with van der Waals surface area (Å²) < 4.78 is 0.780. The van der Waals surface area contributed by atoms with Crippen molar-refractivity contribution in [3.63, 3.8) is 0 Å². The van der Waals surface area contributed by atoms with E-state index in [0.717, 1.165) is 35.3 Å². The number of amides is 1. The second-order valence-electron chi connectivity index (χ2n) is 5.01. The number of hydrogen-bond acceptors (Lipinski definition) is 3. The minimum Gasteiger partial charge on any atom is -0.337 e. The molecule has 100 valence electrons. The van der Waals surface area contributed by atoms with Crippen LogP contribution in [-0.2, 0) is 11.3 Å². The van der Waals surface area contributed by atoms with Crippen LogP contribution in [0.5, 0.6) is 0 Å². The molecule has 1 aromatic heterocycles. The predicted molar refractivity (Wildman–Crippen MR) is 76.0 cm³/mol. The lowest BCUT2D eigenvalue weighted by atomic mass is 9.88. The summed E-state index contributed by atoms with van der Waals surface area (Å²) in [7, 11) is 0. The van der Waals surface area contributed by atoms with E-state index >= 15 is 0 Å². The Bertz CT molecular complexity index is 426. The Morgan fingerprint density at radius 3 is 2.89 bits per heavy atom. The van der Waals surface area contributed by atoms with E-state index in [9.17, 15) is 4.79 Å². The number of hydrogen-bond donors (Lipinski definition) is 1. The van der Waals surface area contributed by atoms with Crippen LogP contribution in [-0.4, -0.2) is 30.4 Å². The molecule has 1 unspecified atom stereocenters. The fraction of sp³-hybridized carbons (Fsp3) is 0.615. The number of halogens is 1. The zero-order chi connectivity index (χ0) is 13.2. The van der Waals surface area contributed by atoms with Gasteiger partial charge in [0.15, 0.2) is 0 Å². The van der Waals surface area contributed by atoms with Crippen LogP contribution in [0.15, 0.2) is 12.1 Å². The van der Waals surface area contributed by atoms with Crippen molar-refractivity contribution in [1.29, 1.82) is 0 Å². The molecule has 2 rings (SSSR count). The van der Waals surface area contributed by atoms with E-state index in [1.807, 2.05) is 24.0 Å². The average Bonchev–Trinajstić information content (AvgIpc) is 2.95. The first-order valence-corrected chi connectivity index (χ1v) is 7.49. The van der Waals surface area contributed by atoms with Crippen molar-refractivity contribution in [1.82, 2.24) is 10.2 Å². The first-order chi connectivity index (χ1) is 8.55. The lowest BCUT2D eigenvalue weighted by molar-refractivity contribution is -0.140. The smallest absolute Gasteiger partial charge is 0.230 e. The predicted octanol–water partition coefficient (Wildman–Crippen LogP) is 2.75. The Morgan fingerprint density at radius 2 is 2.39 bits per heavy atom. The fourth-order valence-electron chi connectivity index (χ4n) is 2.33. The number of rotatable bonds is 4. The summed E-state index contributed by atoms with van der Waals surface area (Å²) >= 11 is 7.47. The van der Waals surface area contributed by atoms with Crippen LogP contribution in [0, 0.1) is 5.41 Å². The molecule has 1 amide bonds. The topological polar surface area (TPSA) is 32.3 Å². The normalized spacial score (nSPS) is 23.3. The molecular weight excluding hydrogens is 268 g/mol. The summed E-state index contributed by atoms with van der Waals surface area (Å²) in [4.78, 5) is 15.6. The number of carbonyl (C=O) groups excluding carboxylic acids is 1. The first kappa shape index (κ1) is 13.8. The summed E-state index contributed by atoms with van der Waals surface area (Å²) in [5.41, 5.74) is -0.239. The Kier molecular flexibility index (Phi) is 4.30. The Hall–Kier alpha value is -0.580. The summed E-state index contributed by atoms with van der Waals surface area (Å²) in [6.07, 6.45) is 0.924. The van der Waals surface area contributed by atoms with Gasteiger partial charge in [0.1, 0.15) is 0 Å². The molecular formula is C13H19ClN2OS. The number of carbonyl (C=O) groups is 1. The Balaban J connectivity index is 2.06. The molecule has 1 aliphatic heterocycles. The molecule has 1 N–H and O–H groups in total. The van der Waals surface area contributed by atoms with Gasteiger partial charge in [-0.1, -0.05) is 11.6 Å². The van der Waals surface area contributed by atoms with Crippen molar-refractivity contribution < 1.29 is 4.79 Å². The molecule has 2 heterocycles. The number of nitrogens with zero attached hydrogens (tertiary/aromatic N) is 1. The third-order valence-corrected chi connectivity index (χ3v) is 4.75. The monoisotopic (exact) mass is 286 g/mol. The van der Waals surface area contributed by atoms with E-state index in [-0.39, 0.29) is 11.3 Å². The van der Waals surface area contributed by atoms with Crippen LogP contribution in [0.1, 0.15) is 25.1 Å². The van der Waals surface area contributed by atoms with E-state index in [4.69, 9.17) is 11.6 Å². The molecule has 0 aromatic carbocycles. The highest BCUT2D eigenvalue weighted by atomic mass is 35.5. The first-order valence-electron chi connectivity index (χ1n) is 6.29. The maximum Gasteiger partial charge on any atom is 0.230 e. The Morgan fingerprint density at radius 1 is 1.61 bits per heavy atom. The SMILES string of the molecule is CCN(Cc1ccc(Cl)s1)C(=O)C1(C)CCNC1. The minimum absolute atomic E-state index is 0.239. The molecule has 1 fully saturated rings. The molecule has 1 saturated heterocycles. The third-order valence-electron chi connectivity index (χ3n) is 3.53. The van der Waals surface area contributed by atoms with Gasteiger partial charge in [0.2, 0.25) is 5.91 Å². The molecule has 1 atom stereocenters. The summed E-state index contributed by atoms with van der Waals surface area (Å²) in [6.45, 7) is 7.21. The summed E-state index contributed by atoms with van der Waals surface area (Å²) in [5.74, 6) is 0.250. The van der Waals surface area contributed by atoms with Gasteiger partial charge >= 0.3 is 0 Å². The second kappa shape index (κ2) is 5.59. The van der Waals surface area contributed by atoms with E-state index < -0.39 is 0 Å². The van der Waals surface area contributed by atoms with Gasteiger partial charge in [0.25, 0.3) is 0 Å². The van der Waals surface area contributed by atoms with E-state index in [2.05, 4.69) is 12.2 Å². The molecule has 5 heteroatoms. The molecule has 0 radical (unpaired) electrons. The van der Waals surface area contributed by atoms with Gasteiger partial charge < -0.3 is 10.2 Å². The minimum atomic E-state index is -0.239. The van der Waals surface area contributed by atoms with Crippen LogP contribution in [0.25, 0.3) is 0 Å². The van der Waals surface area contributed by atoms with Crippen LogP contribution in [0.4, 0.5) is 0 Å². The van der Waals surface area contributed by atoms with Gasteiger partial charge in [-0.25, -0.2) is 0 Å². The maximum absolute atomic E-state index is 12.6. The average molecular weight is 287 g/mol. The number of nitrogens with one attached hydrogen (secondary N) is 1. The van der Waals surface area contributed by atoms with Gasteiger partial charge in [-0.15, -0.1) is 11.3 Å². The standard InChI is InChI=1S/C13H19ClN2OS/c1-3-16(8-10-4-5-11(14)18-10)12(17)13(2)6-7-15-9-13/h4-5,15H,3,6-9H2,1-2H3. The van der Waals surface area contributed by atoms with Gasteiger partial charge in [0.05, 0.1) is 16.3 Å². The largest absolute Gasteiger partial charge is 0.337 e. The highest BCUT2D eigenvalue weighted by Crippen LogP contribution is 2.29. The van der Waals surface area contributed by atoms with E-state index in [0.29, 0.717) is 6.54 Å². The van der Waals surface area contributed by atoms with Gasteiger partial charge in [-0.2, -0.15) is 0 Å². The van der Waals surface area contributed by atoms with E-state index in [1.54, 1.807) is 11.3 Å².